The lowest BCUT2D eigenvalue weighted by atomic mass is 10.0. The van der Waals surface area contributed by atoms with E-state index in [0.29, 0.717) is 15.6 Å². The zero-order valence-corrected chi connectivity index (χ0v) is 22.5. The molecule has 0 bridgehead atoms. The lowest BCUT2D eigenvalue weighted by Crippen LogP contribution is -2.26. The number of hydrogen-bond donors (Lipinski definition) is 0. The predicted octanol–water partition coefficient (Wildman–Crippen LogP) is 8.38. The maximum absolute atomic E-state index is 13.9. The lowest BCUT2D eigenvalue weighted by molar-refractivity contribution is 1.09. The summed E-state index contributed by atoms with van der Waals surface area (Å²) in [6, 6.07) is 41.1. The molecular formula is C36H20N2O2S. The molecule has 0 radical (unpaired) electrons. The summed E-state index contributed by atoms with van der Waals surface area (Å²) in [4.78, 5) is 28.5. The van der Waals surface area contributed by atoms with Gasteiger partial charge in [-0.3, -0.25) is 9.59 Å². The minimum absolute atomic E-state index is 0.252. The van der Waals surface area contributed by atoms with Crippen LogP contribution in [0.5, 0.6) is 0 Å². The summed E-state index contributed by atoms with van der Waals surface area (Å²) in [5.41, 5.74) is 4.63. The summed E-state index contributed by atoms with van der Waals surface area (Å²) in [5.74, 6) is 0. The standard InChI is InChI=1S/C36H20N2O2S/c39-35-27-13-5-4-11-23(27)25-14-8-15-26-29-20-32(41-34(29)36(40)38(35)33(25)26)21-17-18-31-28(19-21)24-12-6-7-16-30(24)37(31)22-9-2-1-3-10-22/h1-20H. The fraction of sp³-hybridized carbons (Fsp3) is 0. The number of nitrogens with zero attached hydrogens (tertiary/aromatic N) is 2. The van der Waals surface area contributed by atoms with Crippen LogP contribution in [0.15, 0.2) is 131 Å². The van der Waals surface area contributed by atoms with Crippen molar-refractivity contribution >= 4 is 70.3 Å². The van der Waals surface area contributed by atoms with Crippen LogP contribution in [0.3, 0.4) is 0 Å². The molecule has 0 saturated heterocycles. The molecule has 0 spiro atoms. The molecule has 0 aliphatic heterocycles. The number of para-hydroxylation sites is 3. The van der Waals surface area contributed by atoms with Crippen LogP contribution in [0.2, 0.25) is 0 Å². The molecule has 0 N–H and O–H groups in total. The Balaban J connectivity index is 1.35. The number of aromatic nitrogens is 2. The van der Waals surface area contributed by atoms with Crippen LogP contribution < -0.4 is 11.1 Å². The van der Waals surface area contributed by atoms with E-state index in [1.54, 1.807) is 6.07 Å². The molecule has 4 heterocycles. The highest BCUT2D eigenvalue weighted by atomic mass is 32.1. The van der Waals surface area contributed by atoms with Crippen LogP contribution in [0.1, 0.15) is 0 Å². The summed E-state index contributed by atoms with van der Waals surface area (Å²) in [6.07, 6.45) is 0. The smallest absolute Gasteiger partial charge is 0.276 e. The normalized spacial score (nSPS) is 12.1. The number of rotatable bonds is 2. The van der Waals surface area contributed by atoms with E-state index < -0.39 is 0 Å². The first kappa shape index (κ1) is 22.5. The fourth-order valence-electron chi connectivity index (χ4n) is 6.51. The van der Waals surface area contributed by atoms with Crippen molar-refractivity contribution in [2.75, 3.05) is 0 Å². The third-order valence-electron chi connectivity index (χ3n) is 8.30. The van der Waals surface area contributed by atoms with E-state index in [-0.39, 0.29) is 11.1 Å². The summed E-state index contributed by atoms with van der Waals surface area (Å²) >= 11 is 1.46. The van der Waals surface area contributed by atoms with Crippen molar-refractivity contribution in [2.45, 2.75) is 0 Å². The van der Waals surface area contributed by atoms with Crippen LogP contribution >= 0.6 is 11.3 Å². The average molecular weight is 545 g/mol. The van der Waals surface area contributed by atoms with Crippen molar-refractivity contribution in [2.24, 2.45) is 0 Å². The Morgan fingerprint density at radius 1 is 0.488 bits per heavy atom. The van der Waals surface area contributed by atoms with Crippen LogP contribution in [0.4, 0.5) is 0 Å². The highest BCUT2D eigenvalue weighted by Gasteiger charge is 2.20. The highest BCUT2D eigenvalue weighted by molar-refractivity contribution is 7.22. The molecule has 192 valence electrons. The van der Waals surface area contributed by atoms with Crippen molar-refractivity contribution < 1.29 is 0 Å². The van der Waals surface area contributed by atoms with Gasteiger partial charge in [-0.15, -0.1) is 11.3 Å². The van der Waals surface area contributed by atoms with Crippen LogP contribution in [-0.2, 0) is 0 Å². The highest BCUT2D eigenvalue weighted by Crippen LogP contribution is 2.40. The zero-order chi connectivity index (χ0) is 27.2. The molecule has 5 heteroatoms. The second-order valence-corrected chi connectivity index (χ2v) is 11.5. The molecule has 0 aliphatic carbocycles. The molecule has 0 saturated carbocycles. The first-order chi connectivity index (χ1) is 20.2. The molecule has 9 aromatic rings. The number of thiophene rings is 1. The lowest BCUT2D eigenvalue weighted by Gasteiger charge is -2.10. The van der Waals surface area contributed by atoms with Crippen LogP contribution in [-0.4, -0.2) is 8.97 Å². The third kappa shape index (κ3) is 2.98. The van der Waals surface area contributed by atoms with E-state index in [4.69, 9.17) is 0 Å². The topological polar surface area (TPSA) is 43.5 Å². The monoisotopic (exact) mass is 544 g/mol. The van der Waals surface area contributed by atoms with Gasteiger partial charge in [0, 0.05) is 42.9 Å². The fourth-order valence-corrected chi connectivity index (χ4v) is 7.61. The van der Waals surface area contributed by atoms with Crippen molar-refractivity contribution in [1.82, 2.24) is 8.97 Å². The van der Waals surface area contributed by atoms with Gasteiger partial charge in [0.25, 0.3) is 11.1 Å². The Kier molecular flexibility index (Phi) is 4.47. The van der Waals surface area contributed by atoms with Gasteiger partial charge in [-0.25, -0.2) is 4.40 Å². The van der Waals surface area contributed by atoms with E-state index in [1.165, 1.54) is 21.1 Å². The largest absolute Gasteiger partial charge is 0.309 e. The minimum Gasteiger partial charge on any atom is -0.309 e. The number of pyridine rings is 2. The molecular weight excluding hydrogens is 524 g/mol. The SMILES string of the molecule is O=c1c2ccccc2c2cccc3c4cc(-c5ccc6c(c5)c5ccccc5n6-c5ccccc5)sc4c(=O)n1c23. The van der Waals surface area contributed by atoms with Gasteiger partial charge in [0.2, 0.25) is 0 Å². The quantitative estimate of drug-likeness (QED) is 0.162. The van der Waals surface area contributed by atoms with Gasteiger partial charge in [-0.05, 0) is 53.4 Å². The molecule has 0 unspecified atom stereocenters. The van der Waals surface area contributed by atoms with Crippen molar-refractivity contribution in [3.63, 3.8) is 0 Å². The second-order valence-electron chi connectivity index (χ2n) is 10.5. The molecule has 5 aromatic carbocycles. The van der Waals surface area contributed by atoms with E-state index >= 15 is 0 Å². The van der Waals surface area contributed by atoms with E-state index in [0.717, 1.165) is 54.1 Å². The minimum atomic E-state index is -0.263. The maximum Gasteiger partial charge on any atom is 0.276 e. The van der Waals surface area contributed by atoms with E-state index in [2.05, 4.69) is 77.4 Å². The Bertz CT molecular complexity index is 2630. The third-order valence-corrected chi connectivity index (χ3v) is 9.47. The predicted molar refractivity (Wildman–Crippen MR) is 171 cm³/mol. The molecule has 4 nitrogen and oxygen atoms in total. The average Bonchev–Trinajstić information content (AvgIpc) is 3.62. The second kappa shape index (κ2) is 8.13. The van der Waals surface area contributed by atoms with Crippen LogP contribution in [0.25, 0.3) is 75.1 Å². The summed E-state index contributed by atoms with van der Waals surface area (Å²) in [5, 5.41) is 6.50. The van der Waals surface area contributed by atoms with Gasteiger partial charge in [-0.2, -0.15) is 0 Å². The number of fused-ring (bicyclic) bond motifs is 7. The molecule has 9 rings (SSSR count). The van der Waals surface area contributed by atoms with Crippen molar-refractivity contribution in [3.8, 4) is 16.1 Å². The van der Waals surface area contributed by atoms with Gasteiger partial charge >= 0.3 is 0 Å². The van der Waals surface area contributed by atoms with Crippen LogP contribution in [0, 0.1) is 0 Å². The Morgan fingerprint density at radius 2 is 1.15 bits per heavy atom. The molecule has 0 fully saturated rings. The maximum atomic E-state index is 13.9. The first-order valence-electron chi connectivity index (χ1n) is 13.5. The first-order valence-corrected chi connectivity index (χ1v) is 14.3. The zero-order valence-electron chi connectivity index (χ0n) is 21.7. The Hall–Kier alpha value is -5.26. The number of benzene rings is 5. The molecule has 0 amide bonds. The summed E-state index contributed by atoms with van der Waals surface area (Å²) < 4.78 is 4.28. The Morgan fingerprint density at radius 3 is 1.98 bits per heavy atom. The van der Waals surface area contributed by atoms with E-state index in [9.17, 15) is 9.59 Å². The molecule has 0 atom stereocenters. The van der Waals surface area contributed by atoms with Gasteiger partial charge in [0.1, 0.15) is 4.70 Å². The molecule has 41 heavy (non-hydrogen) atoms. The molecule has 4 aromatic heterocycles. The Labute approximate surface area is 236 Å². The van der Waals surface area contributed by atoms with Gasteiger partial charge in [-0.1, -0.05) is 78.9 Å². The summed E-state index contributed by atoms with van der Waals surface area (Å²) in [7, 11) is 0. The van der Waals surface area contributed by atoms with Gasteiger partial charge < -0.3 is 4.57 Å². The molecule has 0 aliphatic rings. The van der Waals surface area contributed by atoms with Crippen molar-refractivity contribution in [1.29, 1.82) is 0 Å². The van der Waals surface area contributed by atoms with Gasteiger partial charge in [0.15, 0.2) is 0 Å². The van der Waals surface area contributed by atoms with E-state index in [1.807, 2.05) is 42.5 Å². The summed E-state index contributed by atoms with van der Waals surface area (Å²) in [6.45, 7) is 0. The number of hydrogen-bond acceptors (Lipinski definition) is 3. The van der Waals surface area contributed by atoms with Gasteiger partial charge in [0.05, 0.1) is 16.6 Å². The van der Waals surface area contributed by atoms with Crippen molar-refractivity contribution in [3.05, 3.63) is 142 Å².